The number of pyridine rings is 1. The summed E-state index contributed by atoms with van der Waals surface area (Å²) in [6.07, 6.45) is 2.95. The average molecular weight is 236 g/mol. The number of hydrogen-bond acceptors (Lipinski definition) is 3. The summed E-state index contributed by atoms with van der Waals surface area (Å²) < 4.78 is 5.66. The highest BCUT2D eigenvalue weighted by atomic mass is 16.5. The monoisotopic (exact) mass is 236 g/mol. The molecule has 0 aliphatic carbocycles. The van der Waals surface area contributed by atoms with Crippen molar-refractivity contribution >= 4 is 0 Å². The Bertz CT molecular complexity index is 309. The molecule has 3 heteroatoms. The maximum atomic E-state index is 5.66. The van der Waals surface area contributed by atoms with Crippen LogP contribution in [0.15, 0.2) is 18.3 Å². The van der Waals surface area contributed by atoms with E-state index in [2.05, 4.69) is 38.0 Å². The van der Waals surface area contributed by atoms with Crippen molar-refractivity contribution in [3.8, 4) is 5.75 Å². The Morgan fingerprint density at radius 3 is 2.59 bits per heavy atom. The fourth-order valence-corrected chi connectivity index (χ4v) is 1.27. The summed E-state index contributed by atoms with van der Waals surface area (Å²) in [7, 11) is 0. The minimum Gasteiger partial charge on any atom is -0.492 e. The van der Waals surface area contributed by atoms with Crippen LogP contribution in [0.5, 0.6) is 5.75 Å². The molecule has 0 bridgehead atoms. The van der Waals surface area contributed by atoms with Gasteiger partial charge >= 0.3 is 0 Å². The van der Waals surface area contributed by atoms with Gasteiger partial charge in [-0.3, -0.25) is 4.98 Å². The van der Waals surface area contributed by atoms with Crippen LogP contribution in [0.2, 0.25) is 0 Å². The van der Waals surface area contributed by atoms with Crippen LogP contribution < -0.4 is 10.1 Å². The molecular weight excluding hydrogens is 212 g/mol. The van der Waals surface area contributed by atoms with Crippen molar-refractivity contribution in [1.29, 1.82) is 0 Å². The Morgan fingerprint density at radius 1 is 1.29 bits per heavy atom. The third-order valence-electron chi connectivity index (χ3n) is 2.72. The van der Waals surface area contributed by atoms with Crippen molar-refractivity contribution in [3.05, 3.63) is 24.0 Å². The van der Waals surface area contributed by atoms with Gasteiger partial charge in [0.2, 0.25) is 0 Å². The fraction of sp³-hybridized carbons (Fsp3) is 0.643. The third-order valence-corrected chi connectivity index (χ3v) is 2.72. The molecule has 1 rings (SSSR count). The van der Waals surface area contributed by atoms with E-state index in [1.165, 1.54) is 0 Å². The minimum absolute atomic E-state index is 0.484. The molecule has 0 saturated carbocycles. The largest absolute Gasteiger partial charge is 0.492 e. The van der Waals surface area contributed by atoms with Gasteiger partial charge < -0.3 is 10.1 Å². The summed E-state index contributed by atoms with van der Waals surface area (Å²) in [5.74, 6) is 1.45. The summed E-state index contributed by atoms with van der Waals surface area (Å²) in [6.45, 7) is 10.2. The normalized spacial score (nSPS) is 12.8. The van der Waals surface area contributed by atoms with E-state index in [1.54, 1.807) is 6.20 Å². The lowest BCUT2D eigenvalue weighted by atomic mass is 10.1. The zero-order chi connectivity index (χ0) is 12.7. The number of aromatic nitrogens is 1. The van der Waals surface area contributed by atoms with Gasteiger partial charge in [-0.1, -0.05) is 34.1 Å². The summed E-state index contributed by atoms with van der Waals surface area (Å²) in [6, 6.07) is 4.49. The molecule has 0 spiro atoms. The first kappa shape index (κ1) is 14.0. The zero-order valence-electron chi connectivity index (χ0n) is 11.4. The van der Waals surface area contributed by atoms with Gasteiger partial charge in [-0.25, -0.2) is 0 Å². The number of nitrogens with one attached hydrogen (secondary N) is 1. The van der Waals surface area contributed by atoms with Crippen LogP contribution in [0.3, 0.4) is 0 Å². The predicted octanol–water partition coefficient (Wildman–Crippen LogP) is 3.00. The first-order chi connectivity index (χ1) is 8.11. The molecular formula is C14H24N2O. The molecule has 1 N–H and O–H groups in total. The van der Waals surface area contributed by atoms with Crippen molar-refractivity contribution in [2.24, 2.45) is 5.92 Å². The molecule has 17 heavy (non-hydrogen) atoms. The van der Waals surface area contributed by atoms with Crippen molar-refractivity contribution in [3.63, 3.8) is 0 Å². The van der Waals surface area contributed by atoms with Crippen molar-refractivity contribution < 1.29 is 4.74 Å². The molecule has 0 fully saturated rings. The molecule has 3 nitrogen and oxygen atoms in total. The maximum Gasteiger partial charge on any atom is 0.137 e. The molecule has 1 aromatic heterocycles. The summed E-state index contributed by atoms with van der Waals surface area (Å²) in [5.41, 5.74) is 1.05. The van der Waals surface area contributed by atoms with E-state index in [1.807, 2.05) is 12.1 Å². The molecule has 0 aliphatic heterocycles. The van der Waals surface area contributed by atoms with E-state index in [4.69, 9.17) is 4.74 Å². The standard InChI is InChI=1S/C14H24N2O/c1-5-12(4)10-17-14-7-6-13(16-9-14)8-15-11(2)3/h6-7,9,11-12,15H,5,8,10H2,1-4H3. The lowest BCUT2D eigenvalue weighted by Gasteiger charge is -2.11. The van der Waals surface area contributed by atoms with Crippen molar-refractivity contribution in [2.45, 2.75) is 46.7 Å². The molecule has 1 unspecified atom stereocenters. The van der Waals surface area contributed by atoms with Gasteiger partial charge in [0.25, 0.3) is 0 Å². The highest BCUT2D eigenvalue weighted by Crippen LogP contribution is 2.11. The van der Waals surface area contributed by atoms with Gasteiger partial charge in [0, 0.05) is 12.6 Å². The van der Waals surface area contributed by atoms with E-state index in [0.29, 0.717) is 12.0 Å². The molecule has 0 saturated heterocycles. The number of ether oxygens (including phenoxy) is 1. The topological polar surface area (TPSA) is 34.1 Å². The second-order valence-electron chi connectivity index (χ2n) is 4.85. The third kappa shape index (κ3) is 5.68. The Labute approximate surface area is 105 Å². The molecule has 1 aromatic rings. The van der Waals surface area contributed by atoms with Gasteiger partial charge in [0.1, 0.15) is 5.75 Å². The predicted molar refractivity (Wildman–Crippen MR) is 71.2 cm³/mol. The average Bonchev–Trinajstić information content (AvgIpc) is 2.34. The van der Waals surface area contributed by atoms with Gasteiger partial charge in [-0.15, -0.1) is 0 Å². The Hall–Kier alpha value is -1.09. The van der Waals surface area contributed by atoms with Gasteiger partial charge in [-0.2, -0.15) is 0 Å². The smallest absolute Gasteiger partial charge is 0.137 e. The summed E-state index contributed by atoms with van der Waals surface area (Å²) >= 11 is 0. The van der Waals surface area contributed by atoms with Gasteiger partial charge in [0.15, 0.2) is 0 Å². The van der Waals surface area contributed by atoms with Crippen molar-refractivity contribution in [1.82, 2.24) is 10.3 Å². The Morgan fingerprint density at radius 2 is 2.06 bits per heavy atom. The quantitative estimate of drug-likeness (QED) is 0.790. The first-order valence-electron chi connectivity index (χ1n) is 6.43. The number of rotatable bonds is 7. The minimum atomic E-state index is 0.484. The van der Waals surface area contributed by atoms with Crippen LogP contribution >= 0.6 is 0 Å². The molecule has 1 atom stereocenters. The SMILES string of the molecule is CCC(C)COc1ccc(CNC(C)C)nc1. The van der Waals surface area contributed by atoms with E-state index in [0.717, 1.165) is 31.0 Å². The Kier molecular flexibility index (Phi) is 5.98. The van der Waals surface area contributed by atoms with Crippen LogP contribution in [0.1, 0.15) is 39.8 Å². The molecule has 0 radical (unpaired) electrons. The van der Waals surface area contributed by atoms with E-state index < -0.39 is 0 Å². The van der Waals surface area contributed by atoms with Crippen LogP contribution in [-0.2, 0) is 6.54 Å². The molecule has 0 aromatic carbocycles. The number of hydrogen-bond donors (Lipinski definition) is 1. The lowest BCUT2D eigenvalue weighted by Crippen LogP contribution is -2.22. The first-order valence-corrected chi connectivity index (χ1v) is 6.43. The molecule has 96 valence electrons. The fourth-order valence-electron chi connectivity index (χ4n) is 1.27. The highest BCUT2D eigenvalue weighted by Gasteiger charge is 2.01. The maximum absolute atomic E-state index is 5.66. The second-order valence-corrected chi connectivity index (χ2v) is 4.85. The van der Waals surface area contributed by atoms with E-state index in [9.17, 15) is 0 Å². The van der Waals surface area contributed by atoms with Gasteiger partial charge in [0.05, 0.1) is 18.5 Å². The second kappa shape index (κ2) is 7.28. The molecule has 0 amide bonds. The van der Waals surface area contributed by atoms with Crippen LogP contribution in [0.25, 0.3) is 0 Å². The highest BCUT2D eigenvalue weighted by molar-refractivity contribution is 5.19. The van der Waals surface area contributed by atoms with E-state index >= 15 is 0 Å². The summed E-state index contributed by atoms with van der Waals surface area (Å²) in [5, 5.41) is 3.34. The van der Waals surface area contributed by atoms with Crippen LogP contribution in [0.4, 0.5) is 0 Å². The van der Waals surface area contributed by atoms with Gasteiger partial charge in [-0.05, 0) is 18.1 Å². The number of nitrogens with zero attached hydrogens (tertiary/aromatic N) is 1. The van der Waals surface area contributed by atoms with E-state index in [-0.39, 0.29) is 0 Å². The Balaban J connectivity index is 2.39. The van der Waals surface area contributed by atoms with Crippen LogP contribution in [0, 0.1) is 5.92 Å². The molecule has 0 aliphatic rings. The summed E-state index contributed by atoms with van der Waals surface area (Å²) in [4.78, 5) is 4.37. The zero-order valence-corrected chi connectivity index (χ0v) is 11.4. The lowest BCUT2D eigenvalue weighted by molar-refractivity contribution is 0.255. The van der Waals surface area contributed by atoms with Crippen molar-refractivity contribution in [2.75, 3.05) is 6.61 Å². The van der Waals surface area contributed by atoms with Crippen LogP contribution in [-0.4, -0.2) is 17.6 Å². The molecule has 1 heterocycles.